The number of urea groups is 1. The third-order valence-corrected chi connectivity index (χ3v) is 2.34. The average Bonchev–Trinajstić information content (AvgIpc) is 2.45. The van der Waals surface area contributed by atoms with Gasteiger partial charge < -0.3 is 26.6 Å². The SMILES string of the molecule is CNC(=O)Nc1cccc(CC(C)N)c1.O=C(O)/C=C\C(=O)O. The fourth-order valence-electron chi connectivity index (χ4n) is 1.48. The normalized spacial score (nSPS) is 11.1. The van der Waals surface area contributed by atoms with Crippen LogP contribution in [0.5, 0.6) is 0 Å². The van der Waals surface area contributed by atoms with Crippen molar-refractivity contribution in [3.8, 4) is 0 Å². The summed E-state index contributed by atoms with van der Waals surface area (Å²) in [5, 5.41) is 20.8. The number of carboxylic acid groups (broad SMARTS) is 2. The predicted octanol–water partition coefficient (Wildman–Crippen LogP) is 1.04. The molecule has 1 rings (SSSR count). The molecule has 1 unspecified atom stereocenters. The molecule has 0 aliphatic carbocycles. The molecule has 8 nitrogen and oxygen atoms in total. The summed E-state index contributed by atoms with van der Waals surface area (Å²) in [6.07, 6.45) is 1.92. The van der Waals surface area contributed by atoms with Crippen molar-refractivity contribution in [2.45, 2.75) is 19.4 Å². The molecule has 0 saturated heterocycles. The minimum atomic E-state index is -1.26. The van der Waals surface area contributed by atoms with Crippen LogP contribution in [0.25, 0.3) is 0 Å². The van der Waals surface area contributed by atoms with Crippen LogP contribution in [0.4, 0.5) is 10.5 Å². The molecule has 1 aromatic carbocycles. The number of nitrogens with one attached hydrogen (secondary N) is 2. The zero-order valence-electron chi connectivity index (χ0n) is 12.9. The molecule has 23 heavy (non-hydrogen) atoms. The molecule has 1 atom stereocenters. The zero-order chi connectivity index (χ0) is 17.8. The van der Waals surface area contributed by atoms with Gasteiger partial charge in [-0.1, -0.05) is 12.1 Å². The molecule has 0 aliphatic rings. The molecule has 0 heterocycles. The first-order valence-corrected chi connectivity index (χ1v) is 6.71. The molecular weight excluding hydrogens is 302 g/mol. The van der Waals surface area contributed by atoms with Crippen molar-refractivity contribution in [3.05, 3.63) is 42.0 Å². The van der Waals surface area contributed by atoms with E-state index in [1.807, 2.05) is 31.2 Å². The Bertz CT molecular complexity index is 554. The van der Waals surface area contributed by atoms with Crippen LogP contribution in [0.2, 0.25) is 0 Å². The van der Waals surface area contributed by atoms with Crippen molar-refractivity contribution in [3.63, 3.8) is 0 Å². The lowest BCUT2D eigenvalue weighted by Gasteiger charge is -2.08. The summed E-state index contributed by atoms with van der Waals surface area (Å²) in [6, 6.07) is 7.59. The Hall–Kier alpha value is -2.87. The van der Waals surface area contributed by atoms with Crippen LogP contribution in [-0.4, -0.2) is 41.3 Å². The van der Waals surface area contributed by atoms with Crippen LogP contribution in [0.15, 0.2) is 36.4 Å². The highest BCUT2D eigenvalue weighted by Crippen LogP contribution is 2.11. The number of carbonyl (C=O) groups excluding carboxylic acids is 1. The summed E-state index contributed by atoms with van der Waals surface area (Å²) in [5.41, 5.74) is 7.61. The number of benzene rings is 1. The van der Waals surface area contributed by atoms with E-state index in [2.05, 4.69) is 10.6 Å². The molecule has 0 spiro atoms. The fraction of sp³-hybridized carbons (Fsp3) is 0.267. The van der Waals surface area contributed by atoms with Crippen molar-refractivity contribution < 1.29 is 24.6 Å². The highest BCUT2D eigenvalue weighted by molar-refractivity contribution is 5.89. The van der Waals surface area contributed by atoms with Crippen LogP contribution in [0, 0.1) is 0 Å². The lowest BCUT2D eigenvalue weighted by atomic mass is 10.1. The van der Waals surface area contributed by atoms with E-state index in [-0.39, 0.29) is 12.1 Å². The number of hydrogen-bond donors (Lipinski definition) is 5. The van der Waals surface area contributed by atoms with Crippen LogP contribution in [0.1, 0.15) is 12.5 Å². The number of aliphatic carboxylic acids is 2. The van der Waals surface area contributed by atoms with Crippen molar-refractivity contribution in [1.82, 2.24) is 5.32 Å². The molecular formula is C15H21N3O5. The molecule has 0 saturated carbocycles. The van der Waals surface area contributed by atoms with Gasteiger partial charge in [0.2, 0.25) is 0 Å². The molecule has 8 heteroatoms. The number of hydrogen-bond acceptors (Lipinski definition) is 4. The number of rotatable bonds is 5. The number of amides is 2. The van der Waals surface area contributed by atoms with Crippen molar-refractivity contribution in [1.29, 1.82) is 0 Å². The highest BCUT2D eigenvalue weighted by Gasteiger charge is 2.01. The van der Waals surface area contributed by atoms with Gasteiger partial charge in [-0.25, -0.2) is 14.4 Å². The average molecular weight is 323 g/mol. The highest BCUT2D eigenvalue weighted by atomic mass is 16.4. The van der Waals surface area contributed by atoms with Crippen LogP contribution in [-0.2, 0) is 16.0 Å². The molecule has 1 aromatic rings. The molecule has 0 aliphatic heterocycles. The summed E-state index contributed by atoms with van der Waals surface area (Å²) in [4.78, 5) is 30.2. The lowest BCUT2D eigenvalue weighted by Crippen LogP contribution is -2.24. The number of anilines is 1. The van der Waals surface area contributed by atoms with E-state index in [0.29, 0.717) is 12.2 Å². The van der Waals surface area contributed by atoms with Crippen molar-refractivity contribution in [2.75, 3.05) is 12.4 Å². The molecule has 0 bridgehead atoms. The first-order valence-electron chi connectivity index (χ1n) is 6.71. The maximum atomic E-state index is 11.1. The number of nitrogens with two attached hydrogens (primary N) is 1. The largest absolute Gasteiger partial charge is 0.478 e. The van der Waals surface area contributed by atoms with Crippen LogP contribution in [0.3, 0.4) is 0 Å². The Morgan fingerprint density at radius 3 is 2.22 bits per heavy atom. The molecule has 6 N–H and O–H groups in total. The van der Waals surface area contributed by atoms with Gasteiger partial charge in [0.25, 0.3) is 0 Å². The fourth-order valence-corrected chi connectivity index (χ4v) is 1.48. The molecule has 0 aromatic heterocycles. The van der Waals surface area contributed by atoms with E-state index in [0.717, 1.165) is 17.7 Å². The number of carbonyl (C=O) groups is 3. The summed E-state index contributed by atoms with van der Waals surface area (Å²) in [5.74, 6) is -2.51. The standard InChI is InChI=1S/C11H17N3O.C4H4O4/c1-8(12)6-9-4-3-5-10(7-9)14-11(15)13-2;5-3(6)1-2-4(7)8/h3-5,7-8H,6,12H2,1-2H3,(H2,13,14,15);1-2H,(H,5,6)(H,7,8)/b;2-1-. The third kappa shape index (κ3) is 11.5. The first-order chi connectivity index (χ1) is 10.7. The number of carboxylic acids is 2. The second-order valence-corrected chi connectivity index (χ2v) is 4.60. The van der Waals surface area contributed by atoms with Gasteiger partial charge in [0.05, 0.1) is 0 Å². The van der Waals surface area contributed by atoms with Gasteiger partial charge >= 0.3 is 18.0 Å². The van der Waals surface area contributed by atoms with Gasteiger partial charge in [-0.2, -0.15) is 0 Å². The van der Waals surface area contributed by atoms with E-state index in [4.69, 9.17) is 15.9 Å². The Kier molecular flexibility index (Phi) is 9.45. The van der Waals surface area contributed by atoms with Crippen LogP contribution < -0.4 is 16.4 Å². The van der Waals surface area contributed by atoms with E-state index in [1.54, 1.807) is 7.05 Å². The lowest BCUT2D eigenvalue weighted by molar-refractivity contribution is -0.134. The van der Waals surface area contributed by atoms with Gasteiger partial charge in [-0.3, -0.25) is 0 Å². The van der Waals surface area contributed by atoms with Gasteiger partial charge in [0.1, 0.15) is 0 Å². The third-order valence-electron chi connectivity index (χ3n) is 2.34. The quantitative estimate of drug-likeness (QED) is 0.512. The molecule has 126 valence electrons. The van der Waals surface area contributed by atoms with E-state index >= 15 is 0 Å². The van der Waals surface area contributed by atoms with Gasteiger partial charge in [0.15, 0.2) is 0 Å². The van der Waals surface area contributed by atoms with Gasteiger partial charge in [-0.05, 0) is 31.0 Å². The second-order valence-electron chi connectivity index (χ2n) is 4.60. The zero-order valence-corrected chi connectivity index (χ0v) is 12.9. The molecule has 0 fully saturated rings. The van der Waals surface area contributed by atoms with Crippen molar-refractivity contribution in [2.24, 2.45) is 5.73 Å². The summed E-state index contributed by atoms with van der Waals surface area (Å²) in [7, 11) is 1.58. The predicted molar refractivity (Wildman–Crippen MR) is 86.3 cm³/mol. The molecule has 0 radical (unpaired) electrons. The minimum Gasteiger partial charge on any atom is -0.478 e. The monoisotopic (exact) mass is 323 g/mol. The van der Waals surface area contributed by atoms with Gasteiger partial charge in [-0.15, -0.1) is 0 Å². The summed E-state index contributed by atoms with van der Waals surface area (Å²) < 4.78 is 0. The second kappa shape index (κ2) is 10.8. The van der Waals surface area contributed by atoms with Crippen LogP contribution >= 0.6 is 0 Å². The van der Waals surface area contributed by atoms with Crippen molar-refractivity contribution >= 4 is 23.7 Å². The summed E-state index contributed by atoms with van der Waals surface area (Å²) in [6.45, 7) is 1.96. The smallest absolute Gasteiger partial charge is 0.328 e. The van der Waals surface area contributed by atoms with E-state index < -0.39 is 11.9 Å². The Morgan fingerprint density at radius 1 is 1.22 bits per heavy atom. The Morgan fingerprint density at radius 2 is 1.78 bits per heavy atom. The Balaban J connectivity index is 0.000000515. The molecule has 2 amide bonds. The maximum Gasteiger partial charge on any atom is 0.328 e. The topological polar surface area (TPSA) is 142 Å². The minimum absolute atomic E-state index is 0.125. The first kappa shape index (κ1) is 20.1. The van der Waals surface area contributed by atoms with Gasteiger partial charge in [0, 0.05) is 30.9 Å². The Labute approximate surface area is 134 Å². The van der Waals surface area contributed by atoms with E-state index in [1.165, 1.54) is 0 Å². The maximum absolute atomic E-state index is 11.1. The van der Waals surface area contributed by atoms with E-state index in [9.17, 15) is 14.4 Å². The summed E-state index contributed by atoms with van der Waals surface area (Å²) >= 11 is 0.